The predicted molar refractivity (Wildman–Crippen MR) is 32.7 cm³/mol. The summed E-state index contributed by atoms with van der Waals surface area (Å²) in [6.07, 6.45) is 3.20. The third-order valence-corrected chi connectivity index (χ3v) is 0.803. The van der Waals surface area contributed by atoms with Crippen LogP contribution in [0.5, 0.6) is 0 Å². The zero-order valence-electron chi connectivity index (χ0n) is 4.78. The molecule has 1 aromatic heterocycles. The molecule has 0 aromatic carbocycles. The molecule has 0 aliphatic carbocycles. The summed E-state index contributed by atoms with van der Waals surface area (Å²) in [5, 5.41) is 10.9. The first kappa shape index (κ1) is 5.97. The molecule has 0 radical (unpaired) electrons. The van der Waals surface area contributed by atoms with Gasteiger partial charge in [-0.15, -0.1) is 0 Å². The summed E-state index contributed by atoms with van der Waals surface area (Å²) < 4.78 is 0. The number of hydrogen-bond acceptors (Lipinski definition) is 4. The molecule has 0 fully saturated rings. The summed E-state index contributed by atoms with van der Waals surface area (Å²) >= 11 is 0. The number of nitrogens with zero attached hydrogens (tertiary/aromatic N) is 2. The lowest BCUT2D eigenvalue weighted by atomic mass is 10.7. The van der Waals surface area contributed by atoms with Gasteiger partial charge < -0.3 is 10.4 Å². The van der Waals surface area contributed by atoms with E-state index in [-0.39, 0.29) is 6.73 Å². The Morgan fingerprint density at radius 1 is 1.44 bits per heavy atom. The molecule has 2 N–H and O–H groups in total. The van der Waals surface area contributed by atoms with Gasteiger partial charge >= 0.3 is 0 Å². The normalized spacial score (nSPS) is 9.00. The number of aromatic nitrogens is 2. The molecule has 0 amide bonds. The van der Waals surface area contributed by atoms with E-state index in [0.29, 0.717) is 5.95 Å². The molecule has 1 rings (SSSR count). The maximum atomic E-state index is 8.33. The lowest BCUT2D eigenvalue weighted by molar-refractivity contribution is 0.324. The van der Waals surface area contributed by atoms with Gasteiger partial charge in [-0.2, -0.15) is 0 Å². The highest BCUT2D eigenvalue weighted by Gasteiger charge is 1.85. The van der Waals surface area contributed by atoms with Gasteiger partial charge in [0.25, 0.3) is 0 Å². The minimum absolute atomic E-state index is 0.135. The minimum atomic E-state index is -0.135. The Hall–Kier alpha value is -1.16. The number of aliphatic hydroxyl groups is 1. The zero-order valence-corrected chi connectivity index (χ0v) is 4.78. The highest BCUT2D eigenvalue weighted by molar-refractivity contribution is 5.20. The molecule has 4 heteroatoms. The number of anilines is 1. The van der Waals surface area contributed by atoms with Crippen LogP contribution in [0.1, 0.15) is 0 Å². The van der Waals surface area contributed by atoms with E-state index in [1.165, 1.54) is 0 Å². The van der Waals surface area contributed by atoms with Crippen LogP contribution in [-0.2, 0) is 0 Å². The molecule has 0 atom stereocenters. The second-order valence-corrected chi connectivity index (χ2v) is 1.41. The Kier molecular flexibility index (Phi) is 1.98. The second-order valence-electron chi connectivity index (χ2n) is 1.41. The molecule has 1 heterocycles. The topological polar surface area (TPSA) is 58.0 Å². The van der Waals surface area contributed by atoms with Gasteiger partial charge in [-0.25, -0.2) is 9.97 Å². The summed E-state index contributed by atoms with van der Waals surface area (Å²) in [6, 6.07) is 1.71. The van der Waals surface area contributed by atoms with E-state index in [2.05, 4.69) is 15.3 Å². The van der Waals surface area contributed by atoms with Gasteiger partial charge in [0.15, 0.2) is 0 Å². The van der Waals surface area contributed by atoms with Gasteiger partial charge in [0.2, 0.25) is 5.95 Å². The van der Waals surface area contributed by atoms with E-state index in [9.17, 15) is 0 Å². The fraction of sp³-hybridized carbons (Fsp3) is 0.200. The molecule has 0 aliphatic rings. The Morgan fingerprint density at radius 3 is 2.67 bits per heavy atom. The second kappa shape index (κ2) is 2.99. The minimum Gasteiger partial charge on any atom is -0.376 e. The van der Waals surface area contributed by atoms with Crippen molar-refractivity contribution in [3.8, 4) is 0 Å². The van der Waals surface area contributed by atoms with Crippen molar-refractivity contribution in [3.05, 3.63) is 18.5 Å². The lowest BCUT2D eigenvalue weighted by Crippen LogP contribution is -2.02. The molecule has 9 heavy (non-hydrogen) atoms. The first-order valence-corrected chi connectivity index (χ1v) is 2.55. The third-order valence-electron chi connectivity index (χ3n) is 0.803. The average Bonchev–Trinajstić information content (AvgIpc) is 1.91. The largest absolute Gasteiger partial charge is 0.376 e. The first-order valence-electron chi connectivity index (χ1n) is 2.55. The summed E-state index contributed by atoms with van der Waals surface area (Å²) in [6.45, 7) is -0.135. The van der Waals surface area contributed by atoms with Crippen molar-refractivity contribution in [1.29, 1.82) is 0 Å². The van der Waals surface area contributed by atoms with Gasteiger partial charge in [-0.05, 0) is 6.07 Å². The Labute approximate surface area is 52.6 Å². The van der Waals surface area contributed by atoms with Gasteiger partial charge in [-0.1, -0.05) is 0 Å². The fourth-order valence-corrected chi connectivity index (χ4v) is 0.461. The van der Waals surface area contributed by atoms with E-state index in [1.807, 2.05) is 0 Å². The van der Waals surface area contributed by atoms with Crippen molar-refractivity contribution in [2.75, 3.05) is 12.0 Å². The number of rotatable bonds is 2. The standard InChI is InChI=1S/C5H7N3O/c9-4-8-5-6-2-1-3-7-5/h1-3,9H,4H2,(H,6,7,8). The number of hydrogen-bond donors (Lipinski definition) is 2. The van der Waals surface area contributed by atoms with Crippen LogP contribution in [0.3, 0.4) is 0 Å². The fourth-order valence-electron chi connectivity index (χ4n) is 0.461. The number of nitrogens with one attached hydrogen (secondary N) is 1. The van der Waals surface area contributed by atoms with E-state index in [1.54, 1.807) is 18.5 Å². The van der Waals surface area contributed by atoms with Crippen molar-refractivity contribution in [3.63, 3.8) is 0 Å². The molecule has 0 aliphatic heterocycles. The highest BCUT2D eigenvalue weighted by atomic mass is 16.3. The maximum absolute atomic E-state index is 8.33. The van der Waals surface area contributed by atoms with E-state index < -0.39 is 0 Å². The summed E-state index contributed by atoms with van der Waals surface area (Å²) in [7, 11) is 0. The summed E-state index contributed by atoms with van der Waals surface area (Å²) in [5.41, 5.74) is 0. The van der Waals surface area contributed by atoms with Crippen LogP contribution in [0.25, 0.3) is 0 Å². The summed E-state index contributed by atoms with van der Waals surface area (Å²) in [5.74, 6) is 0.444. The molecule has 0 unspecified atom stereocenters. The number of aliphatic hydroxyl groups excluding tert-OH is 1. The van der Waals surface area contributed by atoms with Crippen LogP contribution < -0.4 is 5.32 Å². The molecule has 0 bridgehead atoms. The van der Waals surface area contributed by atoms with Crippen molar-refractivity contribution in [2.45, 2.75) is 0 Å². The molecule has 4 nitrogen and oxygen atoms in total. The van der Waals surface area contributed by atoms with Crippen LogP contribution in [0.4, 0.5) is 5.95 Å². The van der Waals surface area contributed by atoms with Gasteiger partial charge in [0, 0.05) is 12.4 Å². The van der Waals surface area contributed by atoms with Crippen molar-refractivity contribution in [1.82, 2.24) is 9.97 Å². The van der Waals surface area contributed by atoms with E-state index in [4.69, 9.17) is 5.11 Å². The molecular weight excluding hydrogens is 118 g/mol. The van der Waals surface area contributed by atoms with Crippen molar-refractivity contribution >= 4 is 5.95 Å². The zero-order chi connectivity index (χ0) is 6.53. The molecular formula is C5H7N3O. The van der Waals surface area contributed by atoms with Gasteiger partial charge in [0.05, 0.1) is 0 Å². The van der Waals surface area contributed by atoms with Crippen molar-refractivity contribution < 1.29 is 5.11 Å². The van der Waals surface area contributed by atoms with Crippen LogP contribution in [-0.4, -0.2) is 21.8 Å². The van der Waals surface area contributed by atoms with Crippen LogP contribution in [0.2, 0.25) is 0 Å². The quantitative estimate of drug-likeness (QED) is 0.539. The Morgan fingerprint density at radius 2 is 2.11 bits per heavy atom. The average molecular weight is 125 g/mol. The van der Waals surface area contributed by atoms with Crippen LogP contribution in [0.15, 0.2) is 18.5 Å². The highest BCUT2D eigenvalue weighted by Crippen LogP contribution is 1.90. The smallest absolute Gasteiger partial charge is 0.224 e. The van der Waals surface area contributed by atoms with E-state index >= 15 is 0 Å². The molecule has 48 valence electrons. The monoisotopic (exact) mass is 125 g/mol. The van der Waals surface area contributed by atoms with Crippen molar-refractivity contribution in [2.24, 2.45) is 0 Å². The van der Waals surface area contributed by atoms with Gasteiger partial charge in [0.1, 0.15) is 6.73 Å². The third kappa shape index (κ3) is 1.65. The lowest BCUT2D eigenvalue weighted by Gasteiger charge is -1.95. The SMILES string of the molecule is OCNc1ncccn1. The first-order chi connectivity index (χ1) is 4.43. The van der Waals surface area contributed by atoms with Gasteiger partial charge in [-0.3, -0.25) is 0 Å². The molecule has 0 spiro atoms. The maximum Gasteiger partial charge on any atom is 0.224 e. The molecule has 0 saturated carbocycles. The Balaban J connectivity index is 2.61. The summed E-state index contributed by atoms with van der Waals surface area (Å²) in [4.78, 5) is 7.57. The van der Waals surface area contributed by atoms with E-state index in [0.717, 1.165) is 0 Å². The predicted octanol–water partition coefficient (Wildman–Crippen LogP) is -0.162. The molecule has 0 saturated heterocycles. The van der Waals surface area contributed by atoms with Crippen LogP contribution >= 0.6 is 0 Å². The van der Waals surface area contributed by atoms with Crippen LogP contribution in [0, 0.1) is 0 Å². The molecule has 1 aromatic rings. The Bertz CT molecular complexity index is 165.